The molecule has 2 fully saturated rings. The van der Waals surface area contributed by atoms with Gasteiger partial charge in [0.15, 0.2) is 5.82 Å². The quantitative estimate of drug-likeness (QED) is 0.901. The molecule has 3 heterocycles. The molecule has 5 nitrogen and oxygen atoms in total. The predicted octanol–water partition coefficient (Wildman–Crippen LogP) is 2.51. The highest BCUT2D eigenvalue weighted by molar-refractivity contribution is 7.99. The van der Waals surface area contributed by atoms with Crippen molar-refractivity contribution in [1.82, 2.24) is 15.5 Å². The average Bonchev–Trinajstić information content (AvgIpc) is 3.14. The summed E-state index contributed by atoms with van der Waals surface area (Å²) in [6.45, 7) is 4.59. The van der Waals surface area contributed by atoms with Gasteiger partial charge in [0, 0.05) is 6.04 Å². The molecule has 20 heavy (non-hydrogen) atoms. The summed E-state index contributed by atoms with van der Waals surface area (Å²) in [7, 11) is 0. The Morgan fingerprint density at radius 1 is 1.35 bits per heavy atom. The van der Waals surface area contributed by atoms with Crippen LogP contribution in [0.5, 0.6) is 0 Å². The molecule has 0 bridgehead atoms. The van der Waals surface area contributed by atoms with Gasteiger partial charge in [-0.25, -0.2) is 0 Å². The minimum atomic E-state index is 0.205. The Balaban J connectivity index is 1.65. The Labute approximate surface area is 124 Å². The van der Waals surface area contributed by atoms with E-state index in [-0.39, 0.29) is 5.92 Å². The van der Waals surface area contributed by atoms with Gasteiger partial charge in [-0.15, -0.1) is 0 Å². The molecule has 6 heteroatoms. The molecule has 0 spiro atoms. The molecule has 2 saturated heterocycles. The minimum Gasteiger partial charge on any atom is -0.379 e. The van der Waals surface area contributed by atoms with Crippen LogP contribution in [-0.2, 0) is 4.74 Å². The van der Waals surface area contributed by atoms with Crippen molar-refractivity contribution in [1.29, 1.82) is 0 Å². The number of aromatic nitrogens is 2. The van der Waals surface area contributed by atoms with Crippen molar-refractivity contribution in [2.45, 2.75) is 49.8 Å². The Morgan fingerprint density at radius 3 is 3.10 bits per heavy atom. The fourth-order valence-corrected chi connectivity index (χ4v) is 4.04. The molecule has 0 saturated carbocycles. The van der Waals surface area contributed by atoms with Crippen LogP contribution in [0.3, 0.4) is 0 Å². The summed E-state index contributed by atoms with van der Waals surface area (Å²) < 4.78 is 11.1. The van der Waals surface area contributed by atoms with Gasteiger partial charge in [-0.2, -0.15) is 16.7 Å². The van der Waals surface area contributed by atoms with Gasteiger partial charge in [0.25, 0.3) is 0 Å². The summed E-state index contributed by atoms with van der Waals surface area (Å²) in [6, 6.07) is 0.308. The largest absolute Gasteiger partial charge is 0.379 e. The van der Waals surface area contributed by atoms with Crippen LogP contribution in [0.2, 0.25) is 0 Å². The molecule has 112 valence electrons. The molecular weight excluding hydrogens is 274 g/mol. The van der Waals surface area contributed by atoms with Crippen LogP contribution in [0, 0.1) is 0 Å². The summed E-state index contributed by atoms with van der Waals surface area (Å²) in [5.74, 6) is 3.04. The smallest absolute Gasteiger partial charge is 0.233 e. The molecule has 0 amide bonds. The highest BCUT2D eigenvalue weighted by atomic mass is 32.2. The van der Waals surface area contributed by atoms with Crippen molar-refractivity contribution in [2.75, 3.05) is 25.5 Å². The molecule has 3 atom stereocenters. The molecule has 1 aromatic heterocycles. The highest BCUT2D eigenvalue weighted by Gasteiger charge is 2.34. The maximum atomic E-state index is 5.58. The number of hydrogen-bond donors (Lipinski definition) is 1. The van der Waals surface area contributed by atoms with E-state index in [1.165, 1.54) is 25.0 Å². The van der Waals surface area contributed by atoms with Gasteiger partial charge in [-0.05, 0) is 31.6 Å². The second-order valence-corrected chi connectivity index (χ2v) is 6.86. The van der Waals surface area contributed by atoms with Gasteiger partial charge in [0.05, 0.1) is 24.4 Å². The van der Waals surface area contributed by atoms with Crippen LogP contribution in [0.1, 0.15) is 55.5 Å². The van der Waals surface area contributed by atoms with E-state index in [2.05, 4.69) is 22.4 Å². The zero-order chi connectivity index (χ0) is 13.8. The maximum absolute atomic E-state index is 5.58. The van der Waals surface area contributed by atoms with Crippen molar-refractivity contribution in [3.63, 3.8) is 0 Å². The Bertz CT molecular complexity index is 420. The summed E-state index contributed by atoms with van der Waals surface area (Å²) >= 11 is 1.95. The molecular formula is C14H23N3O2S. The van der Waals surface area contributed by atoms with E-state index >= 15 is 0 Å². The van der Waals surface area contributed by atoms with Crippen molar-refractivity contribution < 1.29 is 9.26 Å². The number of rotatable bonds is 5. The van der Waals surface area contributed by atoms with Crippen molar-refractivity contribution in [3.8, 4) is 0 Å². The summed E-state index contributed by atoms with van der Waals surface area (Å²) in [5.41, 5.74) is 0. The lowest BCUT2D eigenvalue weighted by atomic mass is 10.0. The first-order valence-electron chi connectivity index (χ1n) is 7.64. The van der Waals surface area contributed by atoms with Crippen LogP contribution in [0.15, 0.2) is 4.52 Å². The summed E-state index contributed by atoms with van der Waals surface area (Å²) in [4.78, 5) is 4.66. The third kappa shape index (κ3) is 3.18. The van der Waals surface area contributed by atoms with E-state index in [1.54, 1.807) is 0 Å². The van der Waals surface area contributed by atoms with E-state index in [9.17, 15) is 0 Å². The van der Waals surface area contributed by atoms with Gasteiger partial charge in [-0.3, -0.25) is 0 Å². The van der Waals surface area contributed by atoms with Gasteiger partial charge >= 0.3 is 0 Å². The monoisotopic (exact) mass is 297 g/mol. The molecule has 2 aliphatic heterocycles. The molecule has 0 radical (unpaired) electrons. The normalized spacial score (nSPS) is 30.8. The van der Waals surface area contributed by atoms with E-state index in [4.69, 9.17) is 9.26 Å². The lowest BCUT2D eigenvalue weighted by Crippen LogP contribution is -2.35. The fraction of sp³-hybridized carbons (Fsp3) is 0.857. The highest BCUT2D eigenvalue weighted by Crippen LogP contribution is 2.37. The predicted molar refractivity (Wildman–Crippen MR) is 79.0 cm³/mol. The van der Waals surface area contributed by atoms with Crippen LogP contribution >= 0.6 is 11.8 Å². The van der Waals surface area contributed by atoms with E-state index < -0.39 is 0 Å². The maximum Gasteiger partial charge on any atom is 0.233 e. The Morgan fingerprint density at radius 2 is 2.30 bits per heavy atom. The number of ether oxygens (including phenoxy) is 1. The third-order valence-corrected chi connectivity index (χ3v) is 5.35. The van der Waals surface area contributed by atoms with Gasteiger partial charge in [0.1, 0.15) is 0 Å². The van der Waals surface area contributed by atoms with Crippen LogP contribution in [0.4, 0.5) is 0 Å². The van der Waals surface area contributed by atoms with Crippen LogP contribution in [0.25, 0.3) is 0 Å². The van der Waals surface area contributed by atoms with Gasteiger partial charge in [0.2, 0.25) is 5.89 Å². The van der Waals surface area contributed by atoms with E-state index in [0.717, 1.165) is 31.3 Å². The summed E-state index contributed by atoms with van der Waals surface area (Å²) in [6.07, 6.45) is 4.87. The van der Waals surface area contributed by atoms with Crippen molar-refractivity contribution >= 4 is 11.8 Å². The van der Waals surface area contributed by atoms with E-state index in [1.807, 2.05) is 11.8 Å². The first kappa shape index (κ1) is 14.4. The first-order chi connectivity index (χ1) is 9.88. The lowest BCUT2D eigenvalue weighted by molar-refractivity contribution is 0.184. The van der Waals surface area contributed by atoms with Crippen molar-refractivity contribution in [2.24, 2.45) is 0 Å². The molecule has 0 aromatic carbocycles. The Hall–Kier alpha value is -0.590. The van der Waals surface area contributed by atoms with Crippen LogP contribution in [-0.4, -0.2) is 41.7 Å². The van der Waals surface area contributed by atoms with Gasteiger partial charge < -0.3 is 14.6 Å². The average molecular weight is 297 g/mol. The standard InChI is InChI=1S/C14H23N3O2S/c1-2-6-15-11-9-18-8-10(11)14-16-13(17-19-14)12-5-3-4-7-20-12/h10-12,15H,2-9H2,1H3. The topological polar surface area (TPSA) is 60.2 Å². The number of hydrogen-bond acceptors (Lipinski definition) is 6. The minimum absolute atomic E-state index is 0.205. The van der Waals surface area contributed by atoms with Gasteiger partial charge in [-0.1, -0.05) is 18.5 Å². The molecule has 2 aliphatic rings. The lowest BCUT2D eigenvalue weighted by Gasteiger charge is -2.17. The summed E-state index contributed by atoms with van der Waals surface area (Å²) in [5, 5.41) is 8.14. The SMILES string of the molecule is CCCNC1COCC1c1nc(C2CCCCS2)no1. The van der Waals surface area contributed by atoms with Crippen molar-refractivity contribution in [3.05, 3.63) is 11.7 Å². The molecule has 3 unspecified atom stereocenters. The second kappa shape index (κ2) is 6.91. The number of nitrogens with one attached hydrogen (secondary N) is 1. The van der Waals surface area contributed by atoms with E-state index in [0.29, 0.717) is 17.9 Å². The zero-order valence-corrected chi connectivity index (χ0v) is 12.8. The molecule has 3 rings (SSSR count). The Kier molecular flexibility index (Phi) is 4.96. The van der Waals surface area contributed by atoms with Crippen LogP contribution < -0.4 is 5.32 Å². The fourth-order valence-electron chi connectivity index (χ4n) is 2.80. The number of nitrogens with zero attached hydrogens (tertiary/aromatic N) is 2. The first-order valence-corrected chi connectivity index (χ1v) is 8.69. The molecule has 1 aromatic rings. The second-order valence-electron chi connectivity index (χ2n) is 5.55. The molecule has 0 aliphatic carbocycles. The molecule has 1 N–H and O–H groups in total. The number of thioether (sulfide) groups is 1. The zero-order valence-electron chi connectivity index (χ0n) is 12.0. The third-order valence-electron chi connectivity index (χ3n) is 3.98.